The number of carbonyl (C=O) groups excluding carboxylic acids is 1. The van der Waals surface area contributed by atoms with Crippen LogP contribution in [0.5, 0.6) is 0 Å². The molecule has 2 N–H and O–H groups in total. The van der Waals surface area contributed by atoms with Crippen molar-refractivity contribution in [2.75, 3.05) is 13.1 Å². The van der Waals surface area contributed by atoms with Crippen molar-refractivity contribution in [3.8, 4) is 0 Å². The first-order valence-electron chi connectivity index (χ1n) is 6.60. The number of hydrogen-bond acceptors (Lipinski definition) is 3. The lowest BCUT2D eigenvalue weighted by molar-refractivity contribution is 0.0528. The number of nitrogens with one attached hydrogen (secondary N) is 2. The van der Waals surface area contributed by atoms with Crippen molar-refractivity contribution in [2.24, 2.45) is 0 Å². The molecule has 0 aromatic heterocycles. The third-order valence-corrected chi connectivity index (χ3v) is 2.38. The number of aryl methyl sites for hydroxylation is 1. The van der Waals surface area contributed by atoms with E-state index in [1.54, 1.807) is 0 Å². The topological polar surface area (TPSA) is 50.4 Å². The first kappa shape index (κ1) is 15.5. The molecule has 0 spiro atoms. The zero-order chi connectivity index (χ0) is 14.3. The van der Waals surface area contributed by atoms with Crippen molar-refractivity contribution >= 4 is 6.09 Å². The second kappa shape index (κ2) is 7.14. The van der Waals surface area contributed by atoms with E-state index in [0.717, 1.165) is 6.54 Å². The van der Waals surface area contributed by atoms with Crippen LogP contribution >= 0.6 is 0 Å². The number of rotatable bonds is 5. The van der Waals surface area contributed by atoms with Gasteiger partial charge in [-0.05, 0) is 33.3 Å². The number of alkyl carbamates (subject to hydrolysis) is 1. The first-order chi connectivity index (χ1) is 8.87. The summed E-state index contributed by atoms with van der Waals surface area (Å²) in [5, 5.41) is 5.99. The Labute approximate surface area is 115 Å². The van der Waals surface area contributed by atoms with Gasteiger partial charge in [-0.25, -0.2) is 4.79 Å². The minimum Gasteiger partial charge on any atom is -0.444 e. The van der Waals surface area contributed by atoms with Crippen LogP contribution in [0.3, 0.4) is 0 Å². The predicted molar refractivity (Wildman–Crippen MR) is 77.1 cm³/mol. The van der Waals surface area contributed by atoms with Crippen LogP contribution in [0.15, 0.2) is 24.3 Å². The van der Waals surface area contributed by atoms with Gasteiger partial charge in [0.2, 0.25) is 0 Å². The third-order valence-electron chi connectivity index (χ3n) is 2.38. The monoisotopic (exact) mass is 264 g/mol. The summed E-state index contributed by atoms with van der Waals surface area (Å²) < 4.78 is 5.14. The summed E-state index contributed by atoms with van der Waals surface area (Å²) in [5.41, 5.74) is 2.06. The SMILES string of the molecule is Cc1cccc(CNCCNC(=O)OC(C)(C)C)c1. The molecule has 4 nitrogen and oxygen atoms in total. The van der Waals surface area contributed by atoms with E-state index in [1.165, 1.54) is 11.1 Å². The number of amides is 1. The van der Waals surface area contributed by atoms with Crippen LogP contribution in [0.4, 0.5) is 4.79 Å². The highest BCUT2D eigenvalue weighted by molar-refractivity contribution is 5.67. The molecule has 0 saturated heterocycles. The Kier molecular flexibility index (Phi) is 5.83. The average Bonchev–Trinajstić information content (AvgIpc) is 2.26. The molecule has 0 aliphatic rings. The summed E-state index contributed by atoms with van der Waals surface area (Å²) in [6.45, 7) is 9.70. The lowest BCUT2D eigenvalue weighted by atomic mass is 10.1. The minimum atomic E-state index is -0.445. The molecule has 106 valence electrons. The van der Waals surface area contributed by atoms with E-state index in [0.29, 0.717) is 13.1 Å². The number of ether oxygens (including phenoxy) is 1. The van der Waals surface area contributed by atoms with Gasteiger partial charge in [0.1, 0.15) is 5.60 Å². The van der Waals surface area contributed by atoms with E-state index in [2.05, 4.69) is 35.8 Å². The fourth-order valence-corrected chi connectivity index (χ4v) is 1.62. The average molecular weight is 264 g/mol. The molecular formula is C15H24N2O2. The van der Waals surface area contributed by atoms with Crippen LogP contribution in [0, 0.1) is 6.92 Å². The maximum atomic E-state index is 11.4. The highest BCUT2D eigenvalue weighted by atomic mass is 16.6. The molecule has 1 rings (SSSR count). The van der Waals surface area contributed by atoms with Crippen LogP contribution < -0.4 is 10.6 Å². The second-order valence-electron chi connectivity index (χ2n) is 5.59. The maximum absolute atomic E-state index is 11.4. The Morgan fingerprint density at radius 1 is 1.26 bits per heavy atom. The van der Waals surface area contributed by atoms with Crippen molar-refractivity contribution in [3.05, 3.63) is 35.4 Å². The standard InChI is InChI=1S/C15H24N2O2/c1-12-6-5-7-13(10-12)11-16-8-9-17-14(18)19-15(2,3)4/h5-7,10,16H,8-9,11H2,1-4H3,(H,17,18). The third kappa shape index (κ3) is 7.47. The first-order valence-corrected chi connectivity index (χ1v) is 6.60. The van der Waals surface area contributed by atoms with Crippen molar-refractivity contribution in [1.82, 2.24) is 10.6 Å². The normalized spacial score (nSPS) is 11.2. The summed E-state index contributed by atoms with van der Waals surface area (Å²) in [5.74, 6) is 0. The fraction of sp³-hybridized carbons (Fsp3) is 0.533. The van der Waals surface area contributed by atoms with E-state index < -0.39 is 5.60 Å². The van der Waals surface area contributed by atoms with Gasteiger partial charge in [0.15, 0.2) is 0 Å². The lowest BCUT2D eigenvalue weighted by Crippen LogP contribution is -2.36. The molecule has 0 unspecified atom stereocenters. The predicted octanol–water partition coefficient (Wildman–Crippen LogP) is 2.61. The molecule has 19 heavy (non-hydrogen) atoms. The summed E-state index contributed by atoms with van der Waals surface area (Å²) in [6, 6.07) is 8.36. The summed E-state index contributed by atoms with van der Waals surface area (Å²) in [6.07, 6.45) is -0.371. The Morgan fingerprint density at radius 3 is 2.63 bits per heavy atom. The van der Waals surface area contributed by atoms with Gasteiger partial charge in [-0.1, -0.05) is 29.8 Å². The molecule has 0 atom stereocenters. The van der Waals surface area contributed by atoms with Gasteiger partial charge in [-0.3, -0.25) is 0 Å². The van der Waals surface area contributed by atoms with Gasteiger partial charge >= 0.3 is 6.09 Å². The Hall–Kier alpha value is -1.55. The maximum Gasteiger partial charge on any atom is 0.407 e. The van der Waals surface area contributed by atoms with Crippen LogP contribution in [0.2, 0.25) is 0 Å². The molecule has 0 fully saturated rings. The highest BCUT2D eigenvalue weighted by Gasteiger charge is 2.15. The smallest absolute Gasteiger partial charge is 0.407 e. The Morgan fingerprint density at radius 2 is 2.00 bits per heavy atom. The Bertz CT molecular complexity index is 411. The van der Waals surface area contributed by atoms with Crippen molar-refractivity contribution in [3.63, 3.8) is 0 Å². The largest absolute Gasteiger partial charge is 0.444 e. The number of carbonyl (C=O) groups is 1. The van der Waals surface area contributed by atoms with Crippen LogP contribution in [-0.4, -0.2) is 24.8 Å². The quantitative estimate of drug-likeness (QED) is 0.804. The molecule has 0 aliphatic heterocycles. The summed E-state index contributed by atoms with van der Waals surface area (Å²) >= 11 is 0. The molecule has 0 bridgehead atoms. The highest BCUT2D eigenvalue weighted by Crippen LogP contribution is 2.06. The molecule has 1 aromatic rings. The van der Waals surface area contributed by atoms with E-state index >= 15 is 0 Å². The van der Waals surface area contributed by atoms with Crippen LogP contribution in [0.1, 0.15) is 31.9 Å². The Balaban J connectivity index is 2.13. The molecule has 1 amide bonds. The van der Waals surface area contributed by atoms with Gasteiger partial charge < -0.3 is 15.4 Å². The van der Waals surface area contributed by atoms with Gasteiger partial charge in [0.05, 0.1) is 0 Å². The van der Waals surface area contributed by atoms with Crippen LogP contribution in [0.25, 0.3) is 0 Å². The molecule has 0 aliphatic carbocycles. The zero-order valence-electron chi connectivity index (χ0n) is 12.2. The second-order valence-corrected chi connectivity index (χ2v) is 5.59. The molecule has 0 saturated carbocycles. The number of hydrogen-bond donors (Lipinski definition) is 2. The molecular weight excluding hydrogens is 240 g/mol. The number of benzene rings is 1. The summed E-state index contributed by atoms with van der Waals surface area (Å²) in [7, 11) is 0. The van der Waals surface area contributed by atoms with Gasteiger partial charge in [-0.2, -0.15) is 0 Å². The van der Waals surface area contributed by atoms with Crippen molar-refractivity contribution in [2.45, 2.75) is 39.8 Å². The van der Waals surface area contributed by atoms with Gasteiger partial charge in [-0.15, -0.1) is 0 Å². The van der Waals surface area contributed by atoms with Crippen LogP contribution in [-0.2, 0) is 11.3 Å². The lowest BCUT2D eigenvalue weighted by Gasteiger charge is -2.19. The van der Waals surface area contributed by atoms with Gasteiger partial charge in [0.25, 0.3) is 0 Å². The molecule has 0 heterocycles. The van der Waals surface area contributed by atoms with Gasteiger partial charge in [0, 0.05) is 19.6 Å². The molecule has 1 aromatic carbocycles. The van der Waals surface area contributed by atoms with E-state index in [4.69, 9.17) is 4.74 Å². The molecule has 4 heteroatoms. The van der Waals surface area contributed by atoms with E-state index in [-0.39, 0.29) is 6.09 Å². The zero-order valence-corrected chi connectivity index (χ0v) is 12.2. The van der Waals surface area contributed by atoms with Crippen molar-refractivity contribution < 1.29 is 9.53 Å². The minimum absolute atomic E-state index is 0.371. The molecule has 0 radical (unpaired) electrons. The van der Waals surface area contributed by atoms with E-state index in [9.17, 15) is 4.79 Å². The van der Waals surface area contributed by atoms with Crippen molar-refractivity contribution in [1.29, 1.82) is 0 Å². The fourth-order valence-electron chi connectivity index (χ4n) is 1.62. The van der Waals surface area contributed by atoms with E-state index in [1.807, 2.05) is 26.8 Å². The summed E-state index contributed by atoms with van der Waals surface area (Å²) in [4.78, 5) is 11.4.